The van der Waals surface area contributed by atoms with Gasteiger partial charge in [-0.25, -0.2) is 0 Å². The van der Waals surface area contributed by atoms with E-state index < -0.39 is 0 Å². The van der Waals surface area contributed by atoms with Crippen LogP contribution in [0.15, 0.2) is 24.7 Å². The van der Waals surface area contributed by atoms with Crippen molar-refractivity contribution in [1.82, 2.24) is 0 Å². The standard InChI is InChI=1S/C8H14O/c1-4-6-9-7-5-8(2)3/h4-8H,1-3H3/b6-4-,7-5-. The molecule has 0 radical (unpaired) electrons. The van der Waals surface area contributed by atoms with Crippen molar-refractivity contribution in [3.63, 3.8) is 0 Å². The average Bonchev–Trinajstić information content (AvgIpc) is 1.80. The molecule has 0 aromatic carbocycles. The second kappa shape index (κ2) is 5.42. The van der Waals surface area contributed by atoms with Gasteiger partial charge in [-0.15, -0.1) is 0 Å². The first-order valence-corrected chi connectivity index (χ1v) is 3.20. The molecule has 0 aliphatic rings. The van der Waals surface area contributed by atoms with E-state index in [4.69, 9.17) is 4.74 Å². The summed E-state index contributed by atoms with van der Waals surface area (Å²) < 4.78 is 4.93. The van der Waals surface area contributed by atoms with Crippen molar-refractivity contribution < 1.29 is 4.74 Å². The molecule has 52 valence electrons. The molecule has 0 saturated carbocycles. The Hall–Kier alpha value is -0.720. The van der Waals surface area contributed by atoms with Gasteiger partial charge in [0, 0.05) is 0 Å². The lowest BCUT2D eigenvalue weighted by Crippen LogP contribution is -1.76. The third-order valence-corrected chi connectivity index (χ3v) is 0.757. The van der Waals surface area contributed by atoms with E-state index in [2.05, 4.69) is 13.8 Å². The van der Waals surface area contributed by atoms with Gasteiger partial charge in [-0.2, -0.15) is 0 Å². The monoisotopic (exact) mass is 126 g/mol. The zero-order valence-electron chi connectivity index (χ0n) is 6.29. The number of allylic oxidation sites excluding steroid dienone is 2. The van der Waals surface area contributed by atoms with Crippen LogP contribution in [0.3, 0.4) is 0 Å². The van der Waals surface area contributed by atoms with Gasteiger partial charge >= 0.3 is 0 Å². The number of hydrogen-bond donors (Lipinski definition) is 0. The molecule has 0 bridgehead atoms. The molecular weight excluding hydrogens is 112 g/mol. The molecule has 0 aliphatic carbocycles. The SMILES string of the molecule is C/C=C\O/C=C\C(C)C. The van der Waals surface area contributed by atoms with E-state index in [-0.39, 0.29) is 0 Å². The normalized spacial score (nSPS) is 12.0. The van der Waals surface area contributed by atoms with Gasteiger partial charge in [0.25, 0.3) is 0 Å². The minimum absolute atomic E-state index is 0.565. The molecule has 0 aromatic heterocycles. The fourth-order valence-electron chi connectivity index (χ4n) is 0.326. The fourth-order valence-corrected chi connectivity index (χ4v) is 0.326. The van der Waals surface area contributed by atoms with Crippen molar-refractivity contribution in [2.75, 3.05) is 0 Å². The highest BCUT2D eigenvalue weighted by Crippen LogP contribution is 1.93. The second-order valence-corrected chi connectivity index (χ2v) is 2.18. The maximum atomic E-state index is 4.93. The van der Waals surface area contributed by atoms with Gasteiger partial charge in [0.15, 0.2) is 0 Å². The Morgan fingerprint density at radius 2 is 1.89 bits per heavy atom. The molecule has 1 heteroatoms. The number of hydrogen-bond acceptors (Lipinski definition) is 1. The first-order chi connectivity index (χ1) is 4.27. The first kappa shape index (κ1) is 8.28. The van der Waals surface area contributed by atoms with E-state index in [0.29, 0.717) is 5.92 Å². The molecule has 0 saturated heterocycles. The minimum Gasteiger partial charge on any atom is -0.473 e. The van der Waals surface area contributed by atoms with Crippen molar-refractivity contribution in [3.05, 3.63) is 24.7 Å². The van der Waals surface area contributed by atoms with Crippen LogP contribution in [-0.2, 0) is 4.74 Å². The number of rotatable bonds is 3. The smallest absolute Gasteiger partial charge is 0.0863 e. The molecule has 0 unspecified atom stereocenters. The lowest BCUT2D eigenvalue weighted by molar-refractivity contribution is 0.397. The third-order valence-electron chi connectivity index (χ3n) is 0.757. The van der Waals surface area contributed by atoms with Gasteiger partial charge in [-0.1, -0.05) is 19.9 Å². The zero-order chi connectivity index (χ0) is 7.11. The highest BCUT2D eigenvalue weighted by molar-refractivity contribution is 4.79. The topological polar surface area (TPSA) is 9.23 Å². The summed E-state index contributed by atoms with van der Waals surface area (Å²) in [6.45, 7) is 6.13. The predicted molar refractivity (Wildman–Crippen MR) is 39.9 cm³/mol. The van der Waals surface area contributed by atoms with E-state index in [0.717, 1.165) is 0 Å². The maximum absolute atomic E-state index is 4.93. The largest absolute Gasteiger partial charge is 0.473 e. The van der Waals surface area contributed by atoms with Crippen LogP contribution in [0.1, 0.15) is 20.8 Å². The van der Waals surface area contributed by atoms with E-state index >= 15 is 0 Å². The molecule has 0 fully saturated rings. The molecular formula is C8H14O. The van der Waals surface area contributed by atoms with Gasteiger partial charge < -0.3 is 4.74 Å². The van der Waals surface area contributed by atoms with Crippen LogP contribution < -0.4 is 0 Å². The molecule has 0 N–H and O–H groups in total. The first-order valence-electron chi connectivity index (χ1n) is 3.20. The quantitative estimate of drug-likeness (QED) is 0.528. The van der Waals surface area contributed by atoms with Crippen LogP contribution in [-0.4, -0.2) is 0 Å². The summed E-state index contributed by atoms with van der Waals surface area (Å²) in [5, 5.41) is 0. The molecule has 9 heavy (non-hydrogen) atoms. The molecule has 0 rings (SSSR count). The van der Waals surface area contributed by atoms with Crippen molar-refractivity contribution >= 4 is 0 Å². The molecule has 0 heterocycles. The van der Waals surface area contributed by atoms with Crippen LogP contribution in [0.2, 0.25) is 0 Å². The van der Waals surface area contributed by atoms with Gasteiger partial charge in [-0.05, 0) is 18.9 Å². The maximum Gasteiger partial charge on any atom is 0.0863 e. The summed E-state index contributed by atoms with van der Waals surface area (Å²) >= 11 is 0. The molecule has 1 nitrogen and oxygen atoms in total. The van der Waals surface area contributed by atoms with E-state index in [1.54, 1.807) is 12.5 Å². The van der Waals surface area contributed by atoms with Crippen LogP contribution in [0.25, 0.3) is 0 Å². The Morgan fingerprint density at radius 3 is 2.33 bits per heavy atom. The molecule has 0 atom stereocenters. The molecule has 0 amide bonds. The van der Waals surface area contributed by atoms with Gasteiger partial charge in [0.05, 0.1) is 12.5 Å². The summed E-state index contributed by atoms with van der Waals surface area (Å²) in [5.41, 5.74) is 0. The van der Waals surface area contributed by atoms with Crippen molar-refractivity contribution in [2.45, 2.75) is 20.8 Å². The van der Waals surface area contributed by atoms with Crippen LogP contribution in [0.4, 0.5) is 0 Å². The minimum atomic E-state index is 0.565. The van der Waals surface area contributed by atoms with E-state index in [1.165, 1.54) is 0 Å². The Morgan fingerprint density at radius 1 is 1.22 bits per heavy atom. The Kier molecular flexibility index (Phi) is 4.98. The lowest BCUT2D eigenvalue weighted by Gasteiger charge is -1.91. The van der Waals surface area contributed by atoms with Crippen LogP contribution in [0.5, 0.6) is 0 Å². The van der Waals surface area contributed by atoms with Crippen molar-refractivity contribution in [3.8, 4) is 0 Å². The van der Waals surface area contributed by atoms with Crippen molar-refractivity contribution in [1.29, 1.82) is 0 Å². The van der Waals surface area contributed by atoms with Crippen LogP contribution >= 0.6 is 0 Å². The molecule has 0 aliphatic heterocycles. The summed E-state index contributed by atoms with van der Waals surface area (Å²) in [6, 6.07) is 0. The number of ether oxygens (including phenoxy) is 1. The fraction of sp³-hybridized carbons (Fsp3) is 0.500. The van der Waals surface area contributed by atoms with Gasteiger partial charge in [-0.3, -0.25) is 0 Å². The van der Waals surface area contributed by atoms with Crippen molar-refractivity contribution in [2.24, 2.45) is 5.92 Å². The average molecular weight is 126 g/mol. The van der Waals surface area contributed by atoms with Gasteiger partial charge in [0.2, 0.25) is 0 Å². The summed E-state index contributed by atoms with van der Waals surface area (Å²) in [7, 11) is 0. The zero-order valence-corrected chi connectivity index (χ0v) is 6.29. The van der Waals surface area contributed by atoms with E-state index in [9.17, 15) is 0 Å². The lowest BCUT2D eigenvalue weighted by atomic mass is 10.2. The Bertz CT molecular complexity index is 101. The highest BCUT2D eigenvalue weighted by Gasteiger charge is 1.80. The van der Waals surface area contributed by atoms with Gasteiger partial charge in [0.1, 0.15) is 0 Å². The summed E-state index contributed by atoms with van der Waals surface area (Å²) in [5.74, 6) is 0.565. The molecule has 0 spiro atoms. The van der Waals surface area contributed by atoms with E-state index in [1.807, 2.05) is 19.1 Å². The molecule has 0 aromatic rings. The predicted octanol–water partition coefficient (Wildman–Crippen LogP) is 2.71. The summed E-state index contributed by atoms with van der Waals surface area (Å²) in [6.07, 6.45) is 7.20. The third kappa shape index (κ3) is 7.28. The Labute approximate surface area is 57.0 Å². The van der Waals surface area contributed by atoms with Crippen LogP contribution in [0, 0.1) is 5.92 Å². The summed E-state index contributed by atoms with van der Waals surface area (Å²) in [4.78, 5) is 0. The highest BCUT2D eigenvalue weighted by atomic mass is 16.5. The Balaban J connectivity index is 3.25. The second-order valence-electron chi connectivity index (χ2n) is 2.18.